The van der Waals surface area contributed by atoms with Crippen LogP contribution in [0.15, 0.2) is 0 Å². The van der Waals surface area contributed by atoms with E-state index in [0.29, 0.717) is 43.9 Å². The Hall–Kier alpha value is -1.10. The van der Waals surface area contributed by atoms with Crippen LogP contribution in [-0.4, -0.2) is 38.2 Å². The summed E-state index contributed by atoms with van der Waals surface area (Å²) in [5.74, 6) is 1.10. The predicted molar refractivity (Wildman–Crippen MR) is 212 cm³/mol. The normalized spacial score (nSPS) is 11.7. The molecular weight excluding hydrogens is 606 g/mol. The molecular formula is C44H87NO4. The highest BCUT2D eigenvalue weighted by atomic mass is 16.5. The topological polar surface area (TPSA) is 64.6 Å². The van der Waals surface area contributed by atoms with Gasteiger partial charge in [0, 0.05) is 18.9 Å². The number of hydrogen-bond donors (Lipinski definition) is 1. The Morgan fingerprint density at radius 3 is 0.980 bits per heavy atom. The number of ether oxygens (including phenoxy) is 2. The first-order chi connectivity index (χ1) is 24.0. The lowest BCUT2D eigenvalue weighted by Gasteiger charge is -2.16. The summed E-state index contributed by atoms with van der Waals surface area (Å²) in [6, 6.07) is 0.674. The van der Waals surface area contributed by atoms with Crippen LogP contribution in [0.5, 0.6) is 0 Å². The molecule has 0 unspecified atom stereocenters. The maximum absolute atomic E-state index is 12.3. The van der Waals surface area contributed by atoms with Gasteiger partial charge in [0.15, 0.2) is 0 Å². The number of rotatable bonds is 39. The van der Waals surface area contributed by atoms with Gasteiger partial charge in [-0.05, 0) is 70.3 Å². The second kappa shape index (κ2) is 38.1. The fraction of sp³-hybridized carbons (Fsp3) is 0.955. The maximum atomic E-state index is 12.3. The van der Waals surface area contributed by atoms with Crippen LogP contribution in [0.1, 0.15) is 233 Å². The number of hydrogen-bond acceptors (Lipinski definition) is 5. The Morgan fingerprint density at radius 1 is 0.408 bits per heavy atom. The minimum Gasteiger partial charge on any atom is -0.466 e. The molecule has 0 aromatic carbocycles. The van der Waals surface area contributed by atoms with Crippen molar-refractivity contribution < 1.29 is 19.1 Å². The largest absolute Gasteiger partial charge is 0.466 e. The van der Waals surface area contributed by atoms with Crippen molar-refractivity contribution >= 4 is 11.9 Å². The molecule has 5 nitrogen and oxygen atoms in total. The lowest BCUT2D eigenvalue weighted by Crippen LogP contribution is -2.24. The molecule has 1 N–H and O–H groups in total. The van der Waals surface area contributed by atoms with Crippen LogP contribution in [0.3, 0.4) is 0 Å². The minimum absolute atomic E-state index is 0.0276. The van der Waals surface area contributed by atoms with Gasteiger partial charge in [-0.2, -0.15) is 0 Å². The maximum Gasteiger partial charge on any atom is 0.306 e. The molecule has 0 fully saturated rings. The summed E-state index contributed by atoms with van der Waals surface area (Å²) in [6.45, 7) is 10.1. The highest BCUT2D eigenvalue weighted by Crippen LogP contribution is 2.22. The Morgan fingerprint density at radius 2 is 0.694 bits per heavy atom. The van der Waals surface area contributed by atoms with Crippen molar-refractivity contribution in [2.45, 2.75) is 239 Å². The van der Waals surface area contributed by atoms with Gasteiger partial charge < -0.3 is 14.8 Å². The van der Waals surface area contributed by atoms with Crippen molar-refractivity contribution in [3.63, 3.8) is 0 Å². The third-order valence-electron chi connectivity index (χ3n) is 10.6. The first-order valence-electron chi connectivity index (χ1n) is 22.0. The van der Waals surface area contributed by atoms with Crippen molar-refractivity contribution in [1.82, 2.24) is 5.32 Å². The van der Waals surface area contributed by atoms with Crippen molar-refractivity contribution in [1.29, 1.82) is 0 Å². The third-order valence-corrected chi connectivity index (χ3v) is 10.6. The number of esters is 2. The molecule has 0 saturated heterocycles. The van der Waals surface area contributed by atoms with E-state index >= 15 is 0 Å². The monoisotopic (exact) mass is 694 g/mol. The second-order valence-electron chi connectivity index (χ2n) is 15.4. The van der Waals surface area contributed by atoms with Crippen molar-refractivity contribution in [3.8, 4) is 0 Å². The highest BCUT2D eigenvalue weighted by molar-refractivity contribution is 5.70. The van der Waals surface area contributed by atoms with Crippen molar-refractivity contribution in [3.05, 3.63) is 0 Å². The molecule has 0 aliphatic heterocycles. The van der Waals surface area contributed by atoms with Gasteiger partial charge in [0.2, 0.25) is 0 Å². The number of carbonyl (C=O) groups excluding carboxylic acids is 2. The first-order valence-corrected chi connectivity index (χ1v) is 22.0. The molecule has 0 atom stereocenters. The van der Waals surface area contributed by atoms with Crippen LogP contribution in [0, 0.1) is 11.8 Å². The van der Waals surface area contributed by atoms with Crippen LogP contribution in [0.2, 0.25) is 0 Å². The van der Waals surface area contributed by atoms with Crippen LogP contribution in [0.4, 0.5) is 0 Å². The van der Waals surface area contributed by atoms with Crippen molar-refractivity contribution in [2.75, 3.05) is 20.3 Å². The van der Waals surface area contributed by atoms with E-state index in [1.807, 2.05) is 0 Å². The standard InChI is InChI=1S/C44H87NO4/c1-6-10-30-40(31-11-7-2)38-43(46)48-36-28-24-20-16-14-18-22-26-34-42(45-5)35-27-23-19-15-17-21-25-29-37-49-44(47)39-41(32-12-8-3)33-13-9-4/h40-42,45H,6-39H2,1-5H3. The SMILES string of the molecule is CCCCC(CCCC)CC(=O)OCCCCCCCCCCC(CCCCCCCCCCOC(=O)CC(CCCC)CCCC)NC. The molecule has 0 rings (SSSR count). The van der Waals surface area contributed by atoms with Gasteiger partial charge in [0.05, 0.1) is 13.2 Å². The van der Waals surface area contributed by atoms with Gasteiger partial charge in [0.1, 0.15) is 0 Å². The minimum atomic E-state index is 0.0276. The highest BCUT2D eigenvalue weighted by Gasteiger charge is 2.15. The molecule has 5 heteroatoms. The molecule has 0 radical (unpaired) electrons. The zero-order valence-electron chi connectivity index (χ0n) is 33.9. The average Bonchev–Trinajstić information content (AvgIpc) is 3.10. The van der Waals surface area contributed by atoms with Crippen LogP contribution in [-0.2, 0) is 19.1 Å². The van der Waals surface area contributed by atoms with Crippen LogP contribution >= 0.6 is 0 Å². The van der Waals surface area contributed by atoms with Gasteiger partial charge in [-0.1, -0.05) is 169 Å². The van der Waals surface area contributed by atoms with Gasteiger partial charge in [0.25, 0.3) is 0 Å². The zero-order valence-corrected chi connectivity index (χ0v) is 33.9. The molecule has 292 valence electrons. The average molecular weight is 694 g/mol. The summed E-state index contributed by atoms with van der Waals surface area (Å²) >= 11 is 0. The van der Waals surface area contributed by atoms with Crippen molar-refractivity contribution in [2.24, 2.45) is 11.8 Å². The summed E-state index contributed by atoms with van der Waals surface area (Å²) in [6.07, 6.45) is 38.6. The van der Waals surface area contributed by atoms with E-state index in [2.05, 4.69) is 40.1 Å². The summed E-state index contributed by atoms with van der Waals surface area (Å²) in [5.41, 5.74) is 0. The Bertz CT molecular complexity index is 626. The molecule has 0 heterocycles. The van der Waals surface area contributed by atoms with E-state index in [9.17, 15) is 9.59 Å². The quantitative estimate of drug-likeness (QED) is 0.0513. The fourth-order valence-electron chi connectivity index (χ4n) is 7.17. The van der Waals surface area contributed by atoms with Gasteiger partial charge >= 0.3 is 11.9 Å². The summed E-state index contributed by atoms with van der Waals surface area (Å²) in [5, 5.41) is 3.56. The molecule has 0 saturated carbocycles. The second-order valence-corrected chi connectivity index (χ2v) is 15.4. The van der Waals surface area contributed by atoms with E-state index in [0.717, 1.165) is 12.8 Å². The fourth-order valence-corrected chi connectivity index (χ4v) is 7.17. The predicted octanol–water partition coefficient (Wildman–Crippen LogP) is 13.5. The number of nitrogens with one attached hydrogen (secondary N) is 1. The summed E-state index contributed by atoms with van der Waals surface area (Å²) in [7, 11) is 2.13. The molecule has 49 heavy (non-hydrogen) atoms. The van der Waals surface area contributed by atoms with E-state index in [-0.39, 0.29) is 11.9 Å². The van der Waals surface area contributed by atoms with E-state index in [1.54, 1.807) is 0 Å². The summed E-state index contributed by atoms with van der Waals surface area (Å²) in [4.78, 5) is 24.5. The van der Waals surface area contributed by atoms with Crippen LogP contribution in [0.25, 0.3) is 0 Å². The Labute approximate surface area is 307 Å². The Balaban J connectivity index is 3.60. The molecule has 0 aromatic heterocycles. The Kier molecular flexibility index (Phi) is 37.3. The lowest BCUT2D eigenvalue weighted by molar-refractivity contribution is -0.146. The lowest BCUT2D eigenvalue weighted by atomic mass is 9.93. The summed E-state index contributed by atoms with van der Waals surface area (Å²) < 4.78 is 11.1. The van der Waals surface area contributed by atoms with E-state index < -0.39 is 0 Å². The molecule has 0 amide bonds. The van der Waals surface area contributed by atoms with Crippen LogP contribution < -0.4 is 5.32 Å². The van der Waals surface area contributed by atoms with E-state index in [4.69, 9.17) is 9.47 Å². The molecule has 0 aromatic rings. The zero-order chi connectivity index (χ0) is 36.0. The number of carbonyl (C=O) groups is 2. The van der Waals surface area contributed by atoms with Gasteiger partial charge in [-0.3, -0.25) is 9.59 Å². The van der Waals surface area contributed by atoms with Gasteiger partial charge in [-0.25, -0.2) is 0 Å². The first kappa shape index (κ1) is 47.9. The molecule has 0 bridgehead atoms. The smallest absolute Gasteiger partial charge is 0.306 e. The van der Waals surface area contributed by atoms with E-state index in [1.165, 1.54) is 180 Å². The van der Waals surface area contributed by atoms with Gasteiger partial charge in [-0.15, -0.1) is 0 Å². The molecule has 0 spiro atoms. The molecule has 0 aliphatic rings. The molecule has 0 aliphatic carbocycles. The third kappa shape index (κ3) is 33.8. The number of unbranched alkanes of at least 4 members (excludes halogenated alkanes) is 18.